The fourth-order valence-corrected chi connectivity index (χ4v) is 5.09. The Labute approximate surface area is 180 Å². The van der Waals surface area contributed by atoms with Crippen molar-refractivity contribution in [2.75, 3.05) is 39.6 Å². The van der Waals surface area contributed by atoms with Gasteiger partial charge in [-0.05, 0) is 42.5 Å². The first-order valence-electron chi connectivity index (χ1n) is 9.48. The number of carbonyl (C=O) groups excluding carboxylic acids is 2. The molecule has 162 valence electrons. The van der Waals surface area contributed by atoms with Gasteiger partial charge in [0.25, 0.3) is 5.91 Å². The predicted molar refractivity (Wildman–Crippen MR) is 115 cm³/mol. The van der Waals surface area contributed by atoms with Gasteiger partial charge in [-0.15, -0.1) is 11.3 Å². The molecule has 2 heterocycles. The Hall–Kier alpha value is -2.43. The first-order chi connectivity index (χ1) is 14.2. The Kier molecular flexibility index (Phi) is 6.79. The number of nitrogens with one attached hydrogen (secondary N) is 1. The second-order valence-electron chi connectivity index (χ2n) is 7.21. The maximum atomic E-state index is 12.8. The van der Waals surface area contributed by atoms with Crippen LogP contribution in [0.25, 0.3) is 0 Å². The van der Waals surface area contributed by atoms with Crippen molar-refractivity contribution in [3.63, 3.8) is 0 Å². The highest BCUT2D eigenvalue weighted by Gasteiger charge is 2.30. The van der Waals surface area contributed by atoms with Crippen LogP contribution in [0.15, 0.2) is 40.6 Å². The molecule has 30 heavy (non-hydrogen) atoms. The normalized spacial score (nSPS) is 17.1. The number of ether oxygens (including phenoxy) is 1. The lowest BCUT2D eigenvalue weighted by molar-refractivity contribution is -0.121. The zero-order valence-electron chi connectivity index (χ0n) is 17.1. The highest BCUT2D eigenvalue weighted by molar-refractivity contribution is 7.89. The van der Waals surface area contributed by atoms with Crippen molar-refractivity contribution in [3.8, 4) is 5.75 Å². The summed E-state index contributed by atoms with van der Waals surface area (Å²) in [4.78, 5) is 27.8. The molecule has 1 aliphatic rings. The molecule has 10 heteroatoms. The highest BCUT2D eigenvalue weighted by Crippen LogP contribution is 2.29. The van der Waals surface area contributed by atoms with Crippen LogP contribution >= 0.6 is 11.3 Å². The van der Waals surface area contributed by atoms with Gasteiger partial charge in [-0.2, -0.15) is 0 Å². The number of likely N-dealkylation sites (tertiary alicyclic amines) is 1. The molecular formula is C20H25N3O5S2. The van der Waals surface area contributed by atoms with Crippen LogP contribution in [0, 0.1) is 5.92 Å². The number of rotatable bonds is 6. The van der Waals surface area contributed by atoms with E-state index < -0.39 is 10.0 Å². The Bertz CT molecular complexity index is 1020. The van der Waals surface area contributed by atoms with Gasteiger partial charge in [-0.25, -0.2) is 12.7 Å². The number of carbonyl (C=O) groups is 2. The van der Waals surface area contributed by atoms with Gasteiger partial charge in [-0.3, -0.25) is 9.59 Å². The summed E-state index contributed by atoms with van der Waals surface area (Å²) in [6.45, 7) is 0.954. The number of amides is 2. The Balaban J connectivity index is 1.75. The molecule has 0 bridgehead atoms. The summed E-state index contributed by atoms with van der Waals surface area (Å²) in [5.74, 6) is -0.464. The number of nitrogens with zero attached hydrogens (tertiary/aromatic N) is 2. The number of thiophene rings is 1. The number of piperidine rings is 1. The molecule has 8 nitrogen and oxygen atoms in total. The topological polar surface area (TPSA) is 96.0 Å². The van der Waals surface area contributed by atoms with Crippen LogP contribution in [0.2, 0.25) is 0 Å². The van der Waals surface area contributed by atoms with Gasteiger partial charge < -0.3 is 15.0 Å². The van der Waals surface area contributed by atoms with Crippen LogP contribution in [0.4, 0.5) is 5.69 Å². The van der Waals surface area contributed by atoms with E-state index >= 15 is 0 Å². The van der Waals surface area contributed by atoms with Gasteiger partial charge in [0, 0.05) is 32.9 Å². The molecule has 1 unspecified atom stereocenters. The maximum absolute atomic E-state index is 12.8. The smallest absolute Gasteiger partial charge is 0.263 e. The molecule has 0 aliphatic carbocycles. The van der Waals surface area contributed by atoms with Crippen molar-refractivity contribution < 1.29 is 22.7 Å². The third kappa shape index (κ3) is 4.66. The molecule has 0 radical (unpaired) electrons. The van der Waals surface area contributed by atoms with E-state index in [2.05, 4.69) is 5.32 Å². The Morgan fingerprint density at radius 1 is 1.27 bits per heavy atom. The number of hydrogen-bond acceptors (Lipinski definition) is 6. The number of benzene rings is 1. The SMILES string of the molecule is COc1ccc(NC(=O)C2CCCN(C(=O)c3cccs3)C2)cc1S(=O)(=O)N(C)C. The molecular weight excluding hydrogens is 426 g/mol. The van der Waals surface area contributed by atoms with E-state index in [1.54, 1.807) is 17.0 Å². The van der Waals surface area contributed by atoms with Crippen LogP contribution in [-0.4, -0.2) is 63.7 Å². The standard InChI is InChI=1S/C20H25N3O5S2/c1-22(2)30(26,27)18-12-15(8-9-16(18)28-3)21-19(24)14-6-4-10-23(13-14)20(25)17-7-5-11-29-17/h5,7-9,11-12,14H,4,6,10,13H2,1-3H3,(H,21,24). The number of sulfonamides is 1. The second kappa shape index (κ2) is 9.15. The van der Waals surface area contributed by atoms with Gasteiger partial charge in [0.1, 0.15) is 10.6 Å². The maximum Gasteiger partial charge on any atom is 0.263 e. The third-order valence-corrected chi connectivity index (χ3v) is 7.70. The van der Waals surface area contributed by atoms with Crippen LogP contribution in [0.1, 0.15) is 22.5 Å². The lowest BCUT2D eigenvalue weighted by atomic mass is 9.97. The molecule has 1 saturated heterocycles. The van der Waals surface area contributed by atoms with Crippen molar-refractivity contribution in [1.29, 1.82) is 0 Å². The van der Waals surface area contributed by atoms with E-state index in [9.17, 15) is 18.0 Å². The molecule has 1 N–H and O–H groups in total. The van der Waals surface area contributed by atoms with Gasteiger partial charge in [0.15, 0.2) is 0 Å². The molecule has 1 aromatic carbocycles. The van der Waals surface area contributed by atoms with Crippen LogP contribution in [0.3, 0.4) is 0 Å². The molecule has 1 aliphatic heterocycles. The van der Waals surface area contributed by atoms with E-state index in [-0.39, 0.29) is 28.4 Å². The minimum Gasteiger partial charge on any atom is -0.495 e. The van der Waals surface area contributed by atoms with E-state index in [0.29, 0.717) is 30.1 Å². The number of methoxy groups -OCH3 is 1. The summed E-state index contributed by atoms with van der Waals surface area (Å²) in [6, 6.07) is 8.11. The minimum absolute atomic E-state index is 0.0223. The molecule has 1 atom stereocenters. The molecule has 1 aromatic heterocycles. The van der Waals surface area contributed by atoms with Crippen LogP contribution < -0.4 is 10.1 Å². The van der Waals surface area contributed by atoms with E-state index in [1.807, 2.05) is 11.4 Å². The van der Waals surface area contributed by atoms with E-state index in [1.165, 1.54) is 44.7 Å². The summed E-state index contributed by atoms with van der Waals surface area (Å²) >= 11 is 1.38. The summed E-state index contributed by atoms with van der Waals surface area (Å²) in [7, 11) is 0.513. The average Bonchev–Trinajstić information content (AvgIpc) is 3.28. The van der Waals surface area contributed by atoms with Crippen molar-refractivity contribution in [1.82, 2.24) is 9.21 Å². The Morgan fingerprint density at radius 2 is 2.03 bits per heavy atom. The van der Waals surface area contributed by atoms with Gasteiger partial charge in [0.05, 0.1) is 17.9 Å². The van der Waals surface area contributed by atoms with Crippen molar-refractivity contribution in [3.05, 3.63) is 40.6 Å². The summed E-state index contributed by atoms with van der Waals surface area (Å²) in [5.41, 5.74) is 0.364. The molecule has 0 spiro atoms. The van der Waals surface area contributed by atoms with Gasteiger partial charge >= 0.3 is 0 Å². The van der Waals surface area contributed by atoms with E-state index in [0.717, 1.165) is 10.7 Å². The zero-order chi connectivity index (χ0) is 21.9. The minimum atomic E-state index is -3.74. The second-order valence-corrected chi connectivity index (χ2v) is 10.3. The van der Waals surface area contributed by atoms with Crippen molar-refractivity contribution >= 4 is 38.9 Å². The average molecular weight is 452 g/mol. The quantitative estimate of drug-likeness (QED) is 0.728. The van der Waals surface area contributed by atoms with Crippen LogP contribution in [-0.2, 0) is 14.8 Å². The summed E-state index contributed by atoms with van der Waals surface area (Å²) in [6.07, 6.45) is 1.40. The van der Waals surface area contributed by atoms with Crippen molar-refractivity contribution in [2.24, 2.45) is 5.92 Å². The third-order valence-electron chi connectivity index (χ3n) is 5.00. The first kappa shape index (κ1) is 22.3. The molecule has 3 rings (SSSR count). The van der Waals surface area contributed by atoms with Gasteiger partial charge in [-0.1, -0.05) is 6.07 Å². The molecule has 2 amide bonds. The summed E-state index contributed by atoms with van der Waals surface area (Å²) < 4.78 is 31.4. The van der Waals surface area contributed by atoms with E-state index in [4.69, 9.17) is 4.74 Å². The zero-order valence-corrected chi connectivity index (χ0v) is 18.8. The number of hydrogen-bond donors (Lipinski definition) is 1. The predicted octanol–water partition coefficient (Wildman–Crippen LogP) is 2.50. The van der Waals surface area contributed by atoms with Crippen molar-refractivity contribution in [2.45, 2.75) is 17.7 Å². The van der Waals surface area contributed by atoms with Gasteiger partial charge in [0.2, 0.25) is 15.9 Å². The van der Waals surface area contributed by atoms with Crippen LogP contribution in [0.5, 0.6) is 5.75 Å². The lowest BCUT2D eigenvalue weighted by Gasteiger charge is -2.31. The lowest BCUT2D eigenvalue weighted by Crippen LogP contribution is -2.43. The first-order valence-corrected chi connectivity index (χ1v) is 11.8. The molecule has 1 fully saturated rings. The largest absolute Gasteiger partial charge is 0.495 e. The molecule has 0 saturated carbocycles. The fraction of sp³-hybridized carbons (Fsp3) is 0.400. The molecule has 2 aromatic rings. The number of anilines is 1. The Morgan fingerprint density at radius 3 is 2.67 bits per heavy atom. The highest BCUT2D eigenvalue weighted by atomic mass is 32.2. The summed E-state index contributed by atoms with van der Waals surface area (Å²) in [5, 5.41) is 4.65. The fourth-order valence-electron chi connectivity index (χ4n) is 3.33. The monoisotopic (exact) mass is 451 g/mol.